The van der Waals surface area contributed by atoms with Crippen LogP contribution in [0.15, 0.2) is 77.3 Å². The molecule has 0 aliphatic heterocycles. The molecule has 4 rings (SSSR count). The molecule has 1 heterocycles. The summed E-state index contributed by atoms with van der Waals surface area (Å²) >= 11 is 3.55. The lowest BCUT2D eigenvalue weighted by Gasteiger charge is -2.14. The lowest BCUT2D eigenvalue weighted by Crippen LogP contribution is -2.15. The molecule has 0 saturated carbocycles. The lowest BCUT2D eigenvalue weighted by atomic mass is 10.0. The predicted molar refractivity (Wildman–Crippen MR) is 137 cm³/mol. The number of carbonyl (C=O) groups is 2. The molecule has 0 saturated heterocycles. The van der Waals surface area contributed by atoms with E-state index in [-0.39, 0.29) is 17.0 Å². The van der Waals surface area contributed by atoms with Crippen molar-refractivity contribution in [2.45, 2.75) is 6.61 Å². The van der Waals surface area contributed by atoms with E-state index in [2.05, 4.69) is 21.0 Å². The highest BCUT2D eigenvalue weighted by Crippen LogP contribution is 2.41. The van der Waals surface area contributed by atoms with Crippen LogP contribution < -0.4 is 9.47 Å². The molecular formula is C27H23BrN2O6. The number of ether oxygens (including phenoxy) is 4. The van der Waals surface area contributed by atoms with E-state index in [9.17, 15) is 9.59 Å². The molecule has 4 aromatic rings. The summed E-state index contributed by atoms with van der Waals surface area (Å²) < 4.78 is 23.6. The fourth-order valence-electron chi connectivity index (χ4n) is 3.68. The van der Waals surface area contributed by atoms with Crippen LogP contribution in [0.2, 0.25) is 0 Å². The fourth-order valence-corrected chi connectivity index (χ4v) is 4.24. The standard InChI is InChI=1S/C27H23BrN2O6/c1-33-21-15-18(14-20(28)25(21)36-16-17-10-6-4-7-11-17)23-22(26(31)34-2)24(27(32)35-3)30(29-23)19-12-8-5-9-13-19/h4-15H,16H2,1-3H3. The highest BCUT2D eigenvalue weighted by Gasteiger charge is 2.32. The van der Waals surface area contributed by atoms with Crippen molar-refractivity contribution in [3.05, 3.63) is 94.1 Å². The lowest BCUT2D eigenvalue weighted by molar-refractivity contribution is 0.0549. The van der Waals surface area contributed by atoms with Crippen molar-refractivity contribution in [2.75, 3.05) is 21.3 Å². The van der Waals surface area contributed by atoms with E-state index >= 15 is 0 Å². The highest BCUT2D eigenvalue weighted by atomic mass is 79.9. The van der Waals surface area contributed by atoms with E-state index in [1.54, 1.807) is 36.4 Å². The Labute approximate surface area is 216 Å². The molecule has 0 aliphatic rings. The normalized spacial score (nSPS) is 10.6. The number of para-hydroxylation sites is 1. The number of methoxy groups -OCH3 is 3. The summed E-state index contributed by atoms with van der Waals surface area (Å²) in [7, 11) is 4.00. The Morgan fingerprint density at radius 3 is 2.14 bits per heavy atom. The Hall–Kier alpha value is -4.11. The van der Waals surface area contributed by atoms with Crippen LogP contribution in [0.25, 0.3) is 16.9 Å². The Morgan fingerprint density at radius 2 is 1.53 bits per heavy atom. The molecule has 0 amide bonds. The highest BCUT2D eigenvalue weighted by molar-refractivity contribution is 9.10. The Balaban J connectivity index is 1.86. The van der Waals surface area contributed by atoms with E-state index in [0.29, 0.717) is 33.8 Å². The predicted octanol–water partition coefficient (Wildman–Crippen LogP) is 5.46. The van der Waals surface area contributed by atoms with Gasteiger partial charge in [-0.05, 0) is 45.8 Å². The van der Waals surface area contributed by atoms with Gasteiger partial charge in [-0.2, -0.15) is 5.10 Å². The molecule has 8 nitrogen and oxygen atoms in total. The van der Waals surface area contributed by atoms with Gasteiger partial charge in [0, 0.05) is 5.56 Å². The number of benzene rings is 3. The van der Waals surface area contributed by atoms with Crippen molar-refractivity contribution in [1.29, 1.82) is 0 Å². The Kier molecular flexibility index (Phi) is 7.70. The van der Waals surface area contributed by atoms with E-state index in [4.69, 9.17) is 18.9 Å². The van der Waals surface area contributed by atoms with E-state index in [1.165, 1.54) is 26.0 Å². The van der Waals surface area contributed by atoms with Crippen LogP contribution >= 0.6 is 15.9 Å². The zero-order chi connectivity index (χ0) is 25.7. The maximum absolute atomic E-state index is 12.9. The second-order valence-electron chi connectivity index (χ2n) is 7.57. The third-order valence-electron chi connectivity index (χ3n) is 5.38. The summed E-state index contributed by atoms with van der Waals surface area (Å²) in [6, 6.07) is 22.1. The number of rotatable bonds is 8. The van der Waals surface area contributed by atoms with E-state index in [1.807, 2.05) is 36.4 Å². The van der Waals surface area contributed by atoms with Crippen LogP contribution in [0.1, 0.15) is 26.4 Å². The van der Waals surface area contributed by atoms with Crippen LogP contribution in [-0.4, -0.2) is 43.0 Å². The van der Waals surface area contributed by atoms with Crippen molar-refractivity contribution >= 4 is 27.9 Å². The summed E-state index contributed by atoms with van der Waals surface area (Å²) in [5.41, 5.74) is 2.21. The average molecular weight is 551 g/mol. The van der Waals surface area contributed by atoms with Crippen molar-refractivity contribution in [3.8, 4) is 28.4 Å². The third-order valence-corrected chi connectivity index (χ3v) is 5.97. The minimum atomic E-state index is -0.730. The van der Waals surface area contributed by atoms with Crippen LogP contribution in [0.4, 0.5) is 0 Å². The van der Waals surface area contributed by atoms with Crippen LogP contribution in [0.3, 0.4) is 0 Å². The Bertz CT molecular complexity index is 1390. The number of esters is 2. The molecule has 36 heavy (non-hydrogen) atoms. The van der Waals surface area contributed by atoms with Gasteiger partial charge in [-0.1, -0.05) is 48.5 Å². The van der Waals surface area contributed by atoms with Crippen molar-refractivity contribution in [3.63, 3.8) is 0 Å². The van der Waals surface area contributed by atoms with Gasteiger partial charge in [-0.15, -0.1) is 0 Å². The first-order chi connectivity index (χ1) is 17.5. The van der Waals surface area contributed by atoms with Crippen molar-refractivity contribution in [2.24, 2.45) is 0 Å². The van der Waals surface area contributed by atoms with Gasteiger partial charge >= 0.3 is 11.9 Å². The van der Waals surface area contributed by atoms with Crippen molar-refractivity contribution in [1.82, 2.24) is 9.78 Å². The summed E-state index contributed by atoms with van der Waals surface area (Å²) in [5.74, 6) is -0.556. The smallest absolute Gasteiger partial charge is 0.357 e. The van der Waals surface area contributed by atoms with E-state index < -0.39 is 11.9 Å². The third kappa shape index (κ3) is 4.96. The van der Waals surface area contributed by atoms with Gasteiger partial charge in [0.15, 0.2) is 17.2 Å². The number of hydrogen-bond acceptors (Lipinski definition) is 7. The number of carbonyl (C=O) groups excluding carboxylic acids is 2. The molecule has 184 valence electrons. The molecule has 9 heteroatoms. The minimum Gasteiger partial charge on any atom is -0.493 e. The topological polar surface area (TPSA) is 88.9 Å². The molecule has 0 unspecified atom stereocenters. The fraction of sp³-hybridized carbons (Fsp3) is 0.148. The first-order valence-electron chi connectivity index (χ1n) is 10.9. The van der Waals surface area contributed by atoms with Gasteiger partial charge in [-0.3, -0.25) is 0 Å². The maximum atomic E-state index is 12.9. The number of hydrogen-bond donors (Lipinski definition) is 0. The van der Waals surface area contributed by atoms with Gasteiger partial charge in [0.05, 0.1) is 31.5 Å². The molecule has 0 bridgehead atoms. The molecular weight excluding hydrogens is 528 g/mol. The number of nitrogens with zero attached hydrogens (tertiary/aromatic N) is 2. The molecule has 0 N–H and O–H groups in total. The van der Waals surface area contributed by atoms with E-state index in [0.717, 1.165) is 5.56 Å². The molecule has 0 spiro atoms. The summed E-state index contributed by atoms with van der Waals surface area (Å²) in [6.45, 7) is 0.331. The molecule has 0 atom stereocenters. The summed E-state index contributed by atoms with van der Waals surface area (Å²) in [6.07, 6.45) is 0. The largest absolute Gasteiger partial charge is 0.493 e. The maximum Gasteiger partial charge on any atom is 0.357 e. The first-order valence-corrected chi connectivity index (χ1v) is 11.7. The van der Waals surface area contributed by atoms with Crippen LogP contribution in [0, 0.1) is 0 Å². The van der Waals surface area contributed by atoms with Gasteiger partial charge in [0.2, 0.25) is 0 Å². The zero-order valence-corrected chi connectivity index (χ0v) is 21.4. The first kappa shape index (κ1) is 25.0. The number of aromatic nitrogens is 2. The molecule has 1 aromatic heterocycles. The van der Waals surface area contributed by atoms with Crippen molar-refractivity contribution < 1.29 is 28.5 Å². The summed E-state index contributed by atoms with van der Waals surface area (Å²) in [4.78, 5) is 25.7. The SMILES string of the molecule is COC(=O)c1c(-c2cc(Br)c(OCc3ccccc3)c(OC)c2)nn(-c2ccccc2)c1C(=O)OC. The second-order valence-corrected chi connectivity index (χ2v) is 8.42. The van der Waals surface area contributed by atoms with Gasteiger partial charge in [0.25, 0.3) is 0 Å². The second kappa shape index (κ2) is 11.1. The molecule has 0 aliphatic carbocycles. The molecule has 0 radical (unpaired) electrons. The van der Waals surface area contributed by atoms with Crippen LogP contribution in [-0.2, 0) is 16.1 Å². The molecule has 0 fully saturated rings. The monoisotopic (exact) mass is 550 g/mol. The minimum absolute atomic E-state index is 0.0277. The van der Waals surface area contributed by atoms with Gasteiger partial charge < -0.3 is 18.9 Å². The van der Waals surface area contributed by atoms with Crippen LogP contribution in [0.5, 0.6) is 11.5 Å². The summed E-state index contributed by atoms with van der Waals surface area (Å²) in [5, 5.41) is 4.63. The number of halogens is 1. The van der Waals surface area contributed by atoms with Gasteiger partial charge in [0.1, 0.15) is 17.9 Å². The zero-order valence-electron chi connectivity index (χ0n) is 19.9. The quantitative estimate of drug-likeness (QED) is 0.269. The molecule has 3 aromatic carbocycles. The van der Waals surface area contributed by atoms with Gasteiger partial charge in [-0.25, -0.2) is 14.3 Å². The average Bonchev–Trinajstić information content (AvgIpc) is 3.33. The Morgan fingerprint density at radius 1 is 0.889 bits per heavy atom.